The van der Waals surface area contributed by atoms with Gasteiger partial charge in [-0.2, -0.15) is 0 Å². The van der Waals surface area contributed by atoms with E-state index in [0.717, 1.165) is 51.9 Å². The highest BCUT2D eigenvalue weighted by atomic mass is 19.1. The number of alkyl halides is 1. The topological polar surface area (TPSA) is 43.8 Å². The van der Waals surface area contributed by atoms with Crippen LogP contribution in [0.1, 0.15) is 32.1 Å². The Labute approximate surface area is 108 Å². The van der Waals surface area contributed by atoms with Crippen molar-refractivity contribution in [1.82, 2.24) is 9.80 Å². The fourth-order valence-corrected chi connectivity index (χ4v) is 3.25. The highest BCUT2D eigenvalue weighted by Gasteiger charge is 2.36. The average molecular weight is 258 g/mol. The van der Waals surface area contributed by atoms with E-state index < -0.39 is 5.97 Å². The third-order valence-corrected chi connectivity index (χ3v) is 4.21. The van der Waals surface area contributed by atoms with Crippen molar-refractivity contribution in [2.75, 3.05) is 32.9 Å². The second-order valence-corrected chi connectivity index (χ2v) is 5.35. The van der Waals surface area contributed by atoms with Gasteiger partial charge in [-0.25, -0.2) is 0 Å². The summed E-state index contributed by atoms with van der Waals surface area (Å²) in [5, 5.41) is 9.19. The van der Waals surface area contributed by atoms with Crippen molar-refractivity contribution in [1.29, 1.82) is 0 Å². The van der Waals surface area contributed by atoms with Crippen molar-refractivity contribution in [2.24, 2.45) is 0 Å². The molecule has 2 rings (SSSR count). The van der Waals surface area contributed by atoms with Crippen molar-refractivity contribution in [3.05, 3.63) is 0 Å². The molecular weight excluding hydrogens is 235 g/mol. The summed E-state index contributed by atoms with van der Waals surface area (Å²) < 4.78 is 12.1. The molecule has 4 nitrogen and oxygen atoms in total. The molecule has 2 aliphatic rings. The fourth-order valence-electron chi connectivity index (χ4n) is 3.25. The summed E-state index contributed by atoms with van der Waals surface area (Å²) in [6.07, 6.45) is 4.45. The molecule has 1 atom stereocenters. The zero-order valence-corrected chi connectivity index (χ0v) is 10.9. The minimum absolute atomic E-state index is 0.243. The molecule has 2 fully saturated rings. The number of carboxylic acid groups (broad SMARTS) is 1. The van der Waals surface area contributed by atoms with Crippen molar-refractivity contribution in [3.63, 3.8) is 0 Å². The predicted octanol–water partition coefficient (Wildman–Crippen LogP) is 1.36. The maximum absolute atomic E-state index is 12.1. The zero-order chi connectivity index (χ0) is 13.0. The standard InChI is InChI=1S/C13H23FN2O2/c14-6-2-7-15-9-4-11(5-10-15)16-8-1-3-12(16)13(17)18/h11-12H,1-10H2,(H,17,18). The summed E-state index contributed by atoms with van der Waals surface area (Å²) in [5.41, 5.74) is 0. The molecule has 0 aromatic heterocycles. The Hall–Kier alpha value is -0.680. The van der Waals surface area contributed by atoms with Crippen LogP contribution in [0.25, 0.3) is 0 Å². The summed E-state index contributed by atoms with van der Waals surface area (Å²) in [4.78, 5) is 15.6. The second-order valence-electron chi connectivity index (χ2n) is 5.35. The Bertz CT molecular complexity index is 280. The number of piperidine rings is 1. The van der Waals surface area contributed by atoms with Crippen LogP contribution in [0.4, 0.5) is 4.39 Å². The van der Waals surface area contributed by atoms with Gasteiger partial charge in [0.05, 0.1) is 6.67 Å². The highest BCUT2D eigenvalue weighted by Crippen LogP contribution is 2.26. The van der Waals surface area contributed by atoms with Gasteiger partial charge in [-0.1, -0.05) is 0 Å². The lowest BCUT2D eigenvalue weighted by Gasteiger charge is -2.38. The van der Waals surface area contributed by atoms with E-state index in [9.17, 15) is 14.3 Å². The lowest BCUT2D eigenvalue weighted by Crippen LogP contribution is -2.49. The Balaban J connectivity index is 1.80. The first-order chi connectivity index (χ1) is 8.72. The average Bonchev–Trinajstić information content (AvgIpc) is 2.86. The van der Waals surface area contributed by atoms with E-state index in [1.165, 1.54) is 0 Å². The molecule has 2 aliphatic heterocycles. The Morgan fingerprint density at radius 2 is 1.94 bits per heavy atom. The predicted molar refractivity (Wildman–Crippen MR) is 67.4 cm³/mol. The van der Waals surface area contributed by atoms with Gasteiger partial charge in [0.1, 0.15) is 6.04 Å². The largest absolute Gasteiger partial charge is 0.480 e. The van der Waals surface area contributed by atoms with Gasteiger partial charge in [-0.05, 0) is 51.7 Å². The van der Waals surface area contributed by atoms with Crippen molar-refractivity contribution >= 4 is 5.97 Å². The van der Waals surface area contributed by atoms with Crippen molar-refractivity contribution < 1.29 is 14.3 Å². The van der Waals surface area contributed by atoms with Crippen LogP contribution in [0.3, 0.4) is 0 Å². The number of nitrogens with zero attached hydrogens (tertiary/aromatic N) is 2. The van der Waals surface area contributed by atoms with Gasteiger partial charge < -0.3 is 10.0 Å². The maximum atomic E-state index is 12.1. The van der Waals surface area contributed by atoms with E-state index in [2.05, 4.69) is 9.80 Å². The van der Waals surface area contributed by atoms with Gasteiger partial charge in [-0.3, -0.25) is 14.1 Å². The Kier molecular flexibility index (Phi) is 4.95. The summed E-state index contributed by atoms with van der Waals surface area (Å²) in [6.45, 7) is 3.48. The molecule has 0 aromatic carbocycles. The molecule has 0 spiro atoms. The molecule has 104 valence electrons. The molecular formula is C13H23FN2O2. The first-order valence-corrected chi connectivity index (χ1v) is 6.99. The third kappa shape index (κ3) is 3.20. The molecule has 1 N–H and O–H groups in total. The van der Waals surface area contributed by atoms with Gasteiger partial charge in [-0.15, -0.1) is 0 Å². The molecule has 2 heterocycles. The van der Waals surface area contributed by atoms with Crippen LogP contribution in [-0.2, 0) is 4.79 Å². The van der Waals surface area contributed by atoms with Gasteiger partial charge in [0.15, 0.2) is 0 Å². The first-order valence-electron chi connectivity index (χ1n) is 6.99. The van der Waals surface area contributed by atoms with Crippen LogP contribution in [0.5, 0.6) is 0 Å². The van der Waals surface area contributed by atoms with Crippen molar-refractivity contribution in [2.45, 2.75) is 44.2 Å². The molecule has 0 bridgehead atoms. The summed E-state index contributed by atoms with van der Waals surface area (Å²) >= 11 is 0. The van der Waals surface area contributed by atoms with E-state index >= 15 is 0 Å². The third-order valence-electron chi connectivity index (χ3n) is 4.21. The fraction of sp³-hybridized carbons (Fsp3) is 0.923. The van der Waals surface area contributed by atoms with Crippen LogP contribution < -0.4 is 0 Å². The summed E-state index contributed by atoms with van der Waals surface area (Å²) in [5.74, 6) is -0.674. The van der Waals surface area contributed by atoms with E-state index in [0.29, 0.717) is 12.5 Å². The molecule has 0 radical (unpaired) electrons. The van der Waals surface area contributed by atoms with Gasteiger partial charge in [0.25, 0.3) is 0 Å². The van der Waals surface area contributed by atoms with E-state index in [4.69, 9.17) is 0 Å². The summed E-state index contributed by atoms with van der Waals surface area (Å²) in [6, 6.07) is 0.141. The quantitative estimate of drug-likeness (QED) is 0.808. The molecule has 0 saturated carbocycles. The number of carbonyl (C=O) groups is 1. The number of hydrogen-bond acceptors (Lipinski definition) is 3. The number of hydrogen-bond donors (Lipinski definition) is 1. The van der Waals surface area contributed by atoms with Gasteiger partial charge >= 0.3 is 5.97 Å². The Morgan fingerprint density at radius 3 is 2.56 bits per heavy atom. The lowest BCUT2D eigenvalue weighted by atomic mass is 10.0. The molecule has 0 aliphatic carbocycles. The highest BCUT2D eigenvalue weighted by molar-refractivity contribution is 5.73. The van der Waals surface area contributed by atoms with E-state index in [-0.39, 0.29) is 12.7 Å². The number of carboxylic acids is 1. The minimum Gasteiger partial charge on any atom is -0.480 e. The minimum atomic E-state index is -0.674. The molecule has 1 unspecified atom stereocenters. The second kappa shape index (κ2) is 6.48. The number of halogens is 1. The molecule has 5 heteroatoms. The van der Waals surface area contributed by atoms with Crippen LogP contribution in [0, 0.1) is 0 Å². The van der Waals surface area contributed by atoms with Gasteiger partial charge in [0, 0.05) is 12.6 Å². The lowest BCUT2D eigenvalue weighted by molar-refractivity contribution is -0.143. The van der Waals surface area contributed by atoms with E-state index in [1.807, 2.05) is 0 Å². The number of aliphatic carboxylic acids is 1. The smallest absolute Gasteiger partial charge is 0.320 e. The van der Waals surface area contributed by atoms with Gasteiger partial charge in [0.2, 0.25) is 0 Å². The molecule has 0 amide bonds. The Morgan fingerprint density at radius 1 is 1.22 bits per heavy atom. The zero-order valence-electron chi connectivity index (χ0n) is 10.9. The molecule has 2 saturated heterocycles. The normalized spacial score (nSPS) is 27.7. The first kappa shape index (κ1) is 13.7. The maximum Gasteiger partial charge on any atom is 0.320 e. The van der Waals surface area contributed by atoms with Crippen LogP contribution in [-0.4, -0.2) is 65.8 Å². The number of rotatable bonds is 5. The van der Waals surface area contributed by atoms with Crippen LogP contribution in [0.2, 0.25) is 0 Å². The molecule has 18 heavy (non-hydrogen) atoms. The van der Waals surface area contributed by atoms with E-state index in [1.54, 1.807) is 0 Å². The number of likely N-dealkylation sites (tertiary alicyclic amines) is 2. The van der Waals surface area contributed by atoms with Crippen LogP contribution in [0.15, 0.2) is 0 Å². The van der Waals surface area contributed by atoms with Crippen LogP contribution >= 0.6 is 0 Å². The SMILES string of the molecule is O=C(O)C1CCCN1C1CCN(CCCF)CC1. The molecule has 0 aromatic rings. The van der Waals surface area contributed by atoms with Crippen molar-refractivity contribution in [3.8, 4) is 0 Å². The summed E-state index contributed by atoms with van der Waals surface area (Å²) in [7, 11) is 0. The monoisotopic (exact) mass is 258 g/mol.